The van der Waals surface area contributed by atoms with E-state index in [9.17, 15) is 0 Å². The molecule has 2 heterocycles. The highest BCUT2D eigenvalue weighted by Gasteiger charge is 2.15. The van der Waals surface area contributed by atoms with Gasteiger partial charge in [-0.1, -0.05) is 146 Å². The first-order chi connectivity index (χ1) is 24.3. The molecule has 2 aromatic heterocycles. The standard InChI is InChI=1S/C45H27N3S/c1-3-9-28(10-4-1)29-15-18-32(19-16-29)44-46-43(31-11-5-2-6-12-31)47-45(48-44)34-22-23-35-33(27-34)20-17-30-21-24-37-36(41(30)35)25-26-40-42(37)38-13-7-8-14-39(38)49-40/h1-27H. The number of hydrogen-bond acceptors (Lipinski definition) is 4. The Morgan fingerprint density at radius 1 is 0.306 bits per heavy atom. The summed E-state index contributed by atoms with van der Waals surface area (Å²) in [5.74, 6) is 1.96. The van der Waals surface area contributed by atoms with Gasteiger partial charge in [-0.15, -0.1) is 11.3 Å². The Labute approximate surface area is 286 Å². The fourth-order valence-corrected chi connectivity index (χ4v) is 8.25. The molecule has 0 spiro atoms. The highest BCUT2D eigenvalue weighted by atomic mass is 32.1. The Bertz CT molecular complexity index is 2860. The van der Waals surface area contributed by atoms with Crippen LogP contribution < -0.4 is 0 Å². The van der Waals surface area contributed by atoms with Crippen molar-refractivity contribution in [3.8, 4) is 45.3 Å². The second-order valence-corrected chi connectivity index (χ2v) is 13.5. The molecule has 0 radical (unpaired) electrons. The highest BCUT2D eigenvalue weighted by molar-refractivity contribution is 7.26. The molecule has 49 heavy (non-hydrogen) atoms. The van der Waals surface area contributed by atoms with Gasteiger partial charge in [0.05, 0.1) is 0 Å². The number of hydrogen-bond donors (Lipinski definition) is 0. The number of aromatic nitrogens is 3. The number of nitrogens with zero attached hydrogens (tertiary/aromatic N) is 3. The normalized spacial score (nSPS) is 11.7. The van der Waals surface area contributed by atoms with Gasteiger partial charge in [-0.3, -0.25) is 0 Å². The van der Waals surface area contributed by atoms with Crippen molar-refractivity contribution in [2.24, 2.45) is 0 Å². The molecule has 0 aliphatic rings. The number of benzene rings is 8. The van der Waals surface area contributed by atoms with Gasteiger partial charge in [0.25, 0.3) is 0 Å². The highest BCUT2D eigenvalue weighted by Crippen LogP contribution is 2.42. The quantitative estimate of drug-likeness (QED) is 0.180. The van der Waals surface area contributed by atoms with Crippen molar-refractivity contribution in [2.75, 3.05) is 0 Å². The summed E-state index contributed by atoms with van der Waals surface area (Å²) in [5, 5.41) is 10.1. The third-order valence-corrected chi connectivity index (χ3v) is 10.6. The second kappa shape index (κ2) is 11.2. The molecule has 0 aliphatic carbocycles. The van der Waals surface area contributed by atoms with E-state index in [4.69, 9.17) is 15.0 Å². The molecule has 0 atom stereocenters. The summed E-state index contributed by atoms with van der Waals surface area (Å²) >= 11 is 1.86. The van der Waals surface area contributed by atoms with Gasteiger partial charge >= 0.3 is 0 Å². The zero-order valence-corrected chi connectivity index (χ0v) is 27.2. The summed E-state index contributed by atoms with van der Waals surface area (Å²) in [5.41, 5.74) is 5.20. The average Bonchev–Trinajstić information content (AvgIpc) is 3.57. The molecule has 3 nitrogen and oxygen atoms in total. The van der Waals surface area contributed by atoms with E-state index in [0.717, 1.165) is 27.6 Å². The van der Waals surface area contributed by atoms with Gasteiger partial charge in [0.15, 0.2) is 17.5 Å². The van der Waals surface area contributed by atoms with Crippen LogP contribution in [-0.2, 0) is 0 Å². The van der Waals surface area contributed by atoms with Gasteiger partial charge in [0, 0.05) is 36.9 Å². The van der Waals surface area contributed by atoms with Crippen molar-refractivity contribution in [3.63, 3.8) is 0 Å². The first kappa shape index (κ1) is 27.8. The zero-order valence-electron chi connectivity index (χ0n) is 26.3. The second-order valence-electron chi connectivity index (χ2n) is 12.4. The molecule has 4 heteroatoms. The lowest BCUT2D eigenvalue weighted by molar-refractivity contribution is 1.07. The maximum atomic E-state index is 5.06. The van der Waals surface area contributed by atoms with E-state index in [1.807, 2.05) is 47.7 Å². The average molecular weight is 642 g/mol. The molecule has 0 N–H and O–H groups in total. The Balaban J connectivity index is 1.14. The molecule has 8 aromatic carbocycles. The summed E-state index contributed by atoms with van der Waals surface area (Å²) in [6.07, 6.45) is 0. The molecule has 228 valence electrons. The van der Waals surface area contributed by atoms with Crippen LogP contribution in [0.2, 0.25) is 0 Å². The minimum atomic E-state index is 0.653. The minimum absolute atomic E-state index is 0.653. The maximum Gasteiger partial charge on any atom is 0.164 e. The van der Waals surface area contributed by atoms with E-state index >= 15 is 0 Å². The van der Waals surface area contributed by atoms with Crippen LogP contribution in [0.15, 0.2) is 164 Å². The molecular weight excluding hydrogens is 615 g/mol. The first-order valence-electron chi connectivity index (χ1n) is 16.4. The molecule has 0 fully saturated rings. The third kappa shape index (κ3) is 4.68. The molecular formula is C45H27N3S. The predicted octanol–water partition coefficient (Wildman–Crippen LogP) is 12.4. The van der Waals surface area contributed by atoms with Crippen molar-refractivity contribution in [2.45, 2.75) is 0 Å². The van der Waals surface area contributed by atoms with Crippen molar-refractivity contribution in [3.05, 3.63) is 164 Å². The van der Waals surface area contributed by atoms with E-state index in [1.165, 1.54) is 52.7 Å². The van der Waals surface area contributed by atoms with Gasteiger partial charge in [-0.25, -0.2) is 15.0 Å². The van der Waals surface area contributed by atoms with E-state index in [0.29, 0.717) is 17.5 Å². The van der Waals surface area contributed by atoms with E-state index in [-0.39, 0.29) is 0 Å². The summed E-state index contributed by atoms with van der Waals surface area (Å²) in [6.45, 7) is 0. The lowest BCUT2D eigenvalue weighted by Gasteiger charge is -2.12. The Hall–Kier alpha value is -6.23. The predicted molar refractivity (Wildman–Crippen MR) is 207 cm³/mol. The monoisotopic (exact) mass is 641 g/mol. The van der Waals surface area contributed by atoms with Crippen molar-refractivity contribution in [1.29, 1.82) is 0 Å². The van der Waals surface area contributed by atoms with E-state index < -0.39 is 0 Å². The lowest BCUT2D eigenvalue weighted by Crippen LogP contribution is -2.00. The molecule has 10 aromatic rings. The number of thiophene rings is 1. The van der Waals surface area contributed by atoms with Crippen molar-refractivity contribution in [1.82, 2.24) is 15.0 Å². The third-order valence-electron chi connectivity index (χ3n) is 9.51. The smallest absolute Gasteiger partial charge is 0.164 e. The Morgan fingerprint density at radius 3 is 1.59 bits per heavy atom. The number of rotatable bonds is 4. The van der Waals surface area contributed by atoms with Gasteiger partial charge in [0.1, 0.15) is 0 Å². The topological polar surface area (TPSA) is 38.7 Å². The molecule has 0 saturated heterocycles. The van der Waals surface area contributed by atoms with Crippen LogP contribution in [0.3, 0.4) is 0 Å². The molecule has 0 amide bonds. The van der Waals surface area contributed by atoms with Crippen molar-refractivity contribution < 1.29 is 0 Å². The van der Waals surface area contributed by atoms with Crippen molar-refractivity contribution >= 4 is 63.8 Å². The van der Waals surface area contributed by atoms with Crippen LogP contribution in [0.4, 0.5) is 0 Å². The Morgan fingerprint density at radius 2 is 0.816 bits per heavy atom. The molecule has 0 saturated carbocycles. The fourth-order valence-electron chi connectivity index (χ4n) is 7.13. The van der Waals surface area contributed by atoms with Crippen LogP contribution in [-0.4, -0.2) is 15.0 Å². The summed E-state index contributed by atoms with van der Waals surface area (Å²) in [4.78, 5) is 15.0. The summed E-state index contributed by atoms with van der Waals surface area (Å²) in [6, 6.07) is 58.0. The van der Waals surface area contributed by atoms with Crippen LogP contribution in [0, 0.1) is 0 Å². The molecule has 0 unspecified atom stereocenters. The summed E-state index contributed by atoms with van der Waals surface area (Å²) < 4.78 is 2.65. The molecule has 0 aliphatic heterocycles. The Kier molecular flexibility index (Phi) is 6.36. The van der Waals surface area contributed by atoms with Gasteiger partial charge < -0.3 is 0 Å². The van der Waals surface area contributed by atoms with Gasteiger partial charge in [-0.2, -0.15) is 0 Å². The molecule has 10 rings (SSSR count). The zero-order chi connectivity index (χ0) is 32.3. The fraction of sp³-hybridized carbons (Fsp3) is 0. The minimum Gasteiger partial charge on any atom is -0.208 e. The van der Waals surface area contributed by atoms with E-state index in [1.54, 1.807) is 0 Å². The van der Waals surface area contributed by atoms with Crippen LogP contribution >= 0.6 is 11.3 Å². The van der Waals surface area contributed by atoms with Gasteiger partial charge in [-0.05, 0) is 61.6 Å². The first-order valence-corrected chi connectivity index (χ1v) is 17.3. The SMILES string of the molecule is c1ccc(-c2ccc(-c3nc(-c4ccccc4)nc(-c4ccc5c(ccc6ccc7c(ccc8sc9ccccc9c87)c65)c4)n3)cc2)cc1. The maximum absolute atomic E-state index is 5.06. The van der Waals surface area contributed by atoms with Gasteiger partial charge in [0.2, 0.25) is 0 Å². The van der Waals surface area contributed by atoms with Crippen LogP contribution in [0.5, 0.6) is 0 Å². The lowest BCUT2D eigenvalue weighted by atomic mass is 9.93. The van der Waals surface area contributed by atoms with E-state index in [2.05, 4.69) is 127 Å². The summed E-state index contributed by atoms with van der Waals surface area (Å²) in [7, 11) is 0. The molecule has 0 bridgehead atoms. The largest absolute Gasteiger partial charge is 0.208 e. The van der Waals surface area contributed by atoms with Crippen LogP contribution in [0.25, 0.3) is 97.8 Å². The number of fused-ring (bicyclic) bond motifs is 9. The van der Waals surface area contributed by atoms with Crippen LogP contribution in [0.1, 0.15) is 0 Å².